The van der Waals surface area contributed by atoms with Crippen molar-refractivity contribution in [3.63, 3.8) is 0 Å². The monoisotopic (exact) mass is 410 g/mol. The van der Waals surface area contributed by atoms with E-state index >= 15 is 0 Å². The number of methoxy groups -OCH3 is 3. The van der Waals surface area contributed by atoms with Crippen molar-refractivity contribution in [2.24, 2.45) is 0 Å². The van der Waals surface area contributed by atoms with Gasteiger partial charge in [-0.3, -0.25) is 4.79 Å². The first-order valence-electron chi connectivity index (χ1n) is 9.54. The van der Waals surface area contributed by atoms with Crippen molar-refractivity contribution in [1.29, 1.82) is 0 Å². The number of carbonyl (C=O) groups excluding carboxylic acids is 1. The lowest BCUT2D eigenvalue weighted by atomic mass is 9.80. The minimum absolute atomic E-state index is 0.0143. The van der Waals surface area contributed by atoms with Crippen molar-refractivity contribution in [2.45, 2.75) is 5.92 Å². The normalized spacial score (nSPS) is 18.7. The summed E-state index contributed by atoms with van der Waals surface area (Å²) in [7, 11) is 6.52. The molecule has 3 heterocycles. The number of rotatable bonds is 4. The SMILES string of the molecule is COc1cc(C2C3=C(CN(C)C3=O)Nc3cc4c(cc32)OCO4)cc(OC)c1OC. The molecule has 2 aromatic carbocycles. The zero-order valence-corrected chi connectivity index (χ0v) is 17.2. The number of hydrogen-bond acceptors (Lipinski definition) is 7. The maximum atomic E-state index is 13.1. The van der Waals surface area contributed by atoms with Crippen molar-refractivity contribution in [2.75, 3.05) is 47.0 Å². The van der Waals surface area contributed by atoms with E-state index in [0.717, 1.165) is 22.5 Å². The molecular formula is C22H22N2O6. The van der Waals surface area contributed by atoms with Gasteiger partial charge in [-0.1, -0.05) is 0 Å². The average Bonchev–Trinajstić information content (AvgIpc) is 3.32. The van der Waals surface area contributed by atoms with Crippen LogP contribution in [0.2, 0.25) is 0 Å². The highest BCUT2D eigenvalue weighted by molar-refractivity contribution is 6.01. The van der Waals surface area contributed by atoms with Gasteiger partial charge >= 0.3 is 0 Å². The van der Waals surface area contributed by atoms with Crippen molar-refractivity contribution in [3.05, 3.63) is 46.7 Å². The van der Waals surface area contributed by atoms with Gasteiger partial charge in [-0.15, -0.1) is 0 Å². The topological polar surface area (TPSA) is 78.5 Å². The van der Waals surface area contributed by atoms with Gasteiger partial charge in [-0.2, -0.15) is 0 Å². The van der Waals surface area contributed by atoms with E-state index in [1.807, 2.05) is 24.3 Å². The average molecular weight is 410 g/mol. The summed E-state index contributed by atoms with van der Waals surface area (Å²) in [5.41, 5.74) is 4.27. The second kappa shape index (κ2) is 6.76. The molecule has 1 atom stereocenters. The van der Waals surface area contributed by atoms with E-state index in [2.05, 4.69) is 5.32 Å². The van der Waals surface area contributed by atoms with Gasteiger partial charge in [0.15, 0.2) is 23.0 Å². The van der Waals surface area contributed by atoms with Gasteiger partial charge in [0.1, 0.15) is 0 Å². The van der Waals surface area contributed by atoms with Crippen LogP contribution in [0.1, 0.15) is 17.0 Å². The third-order valence-electron chi connectivity index (χ3n) is 5.75. The molecule has 0 saturated heterocycles. The number of hydrogen-bond donors (Lipinski definition) is 1. The highest BCUT2D eigenvalue weighted by atomic mass is 16.7. The standard InChI is InChI=1S/C22H22N2O6/c1-24-9-14-20(22(24)25)19(11-5-17(26-2)21(28-4)18(6-11)27-3)12-7-15-16(30-10-29-15)8-13(12)23-14/h5-8,19,23H,9-10H2,1-4H3. The van der Waals surface area contributed by atoms with Crippen molar-refractivity contribution >= 4 is 11.6 Å². The Kier molecular flexibility index (Phi) is 4.16. The molecule has 0 spiro atoms. The summed E-state index contributed by atoms with van der Waals surface area (Å²) < 4.78 is 27.7. The third-order valence-corrected chi connectivity index (χ3v) is 5.75. The second-order valence-electron chi connectivity index (χ2n) is 7.36. The predicted molar refractivity (Wildman–Crippen MR) is 109 cm³/mol. The van der Waals surface area contributed by atoms with Crippen LogP contribution in [0.5, 0.6) is 28.7 Å². The highest BCUT2D eigenvalue weighted by Crippen LogP contribution is 2.51. The fourth-order valence-electron chi connectivity index (χ4n) is 4.37. The van der Waals surface area contributed by atoms with E-state index in [1.165, 1.54) is 0 Å². The minimum atomic E-state index is -0.322. The van der Waals surface area contributed by atoms with E-state index < -0.39 is 0 Å². The van der Waals surface area contributed by atoms with Crippen LogP contribution < -0.4 is 29.0 Å². The van der Waals surface area contributed by atoms with Crippen LogP contribution in [0.4, 0.5) is 5.69 Å². The van der Waals surface area contributed by atoms with Gasteiger partial charge in [-0.05, 0) is 29.3 Å². The quantitative estimate of drug-likeness (QED) is 0.830. The molecule has 1 amide bonds. The Bertz CT molecular complexity index is 1070. The number of anilines is 1. The molecule has 3 aliphatic rings. The van der Waals surface area contributed by atoms with Crippen LogP contribution in [0, 0.1) is 0 Å². The number of nitrogens with zero attached hydrogens (tertiary/aromatic N) is 1. The Hall–Kier alpha value is -3.55. The van der Waals surface area contributed by atoms with Gasteiger partial charge in [0.2, 0.25) is 12.5 Å². The summed E-state index contributed by atoms with van der Waals surface area (Å²) in [5, 5.41) is 3.42. The van der Waals surface area contributed by atoms with Crippen molar-refractivity contribution in [1.82, 2.24) is 4.90 Å². The fourth-order valence-corrected chi connectivity index (χ4v) is 4.37. The summed E-state index contributed by atoms with van der Waals surface area (Å²) >= 11 is 0. The molecule has 8 nitrogen and oxygen atoms in total. The lowest BCUT2D eigenvalue weighted by Gasteiger charge is -2.29. The summed E-state index contributed by atoms with van der Waals surface area (Å²) in [6.45, 7) is 0.699. The molecule has 5 rings (SSSR count). The largest absolute Gasteiger partial charge is 0.493 e. The second-order valence-corrected chi connectivity index (χ2v) is 7.36. The molecule has 0 saturated carbocycles. The molecule has 0 fully saturated rings. The fraction of sp³-hybridized carbons (Fsp3) is 0.318. The number of nitrogens with one attached hydrogen (secondary N) is 1. The molecule has 156 valence electrons. The smallest absolute Gasteiger partial charge is 0.252 e. The summed E-state index contributed by atoms with van der Waals surface area (Å²) in [5.74, 6) is 2.59. The third kappa shape index (κ3) is 2.56. The van der Waals surface area contributed by atoms with Crippen molar-refractivity contribution in [3.8, 4) is 28.7 Å². The van der Waals surface area contributed by atoms with Gasteiger partial charge in [0.25, 0.3) is 5.91 Å². The van der Waals surface area contributed by atoms with Crippen LogP contribution in [0.3, 0.4) is 0 Å². The molecule has 30 heavy (non-hydrogen) atoms. The minimum Gasteiger partial charge on any atom is -0.493 e. The molecule has 3 aliphatic heterocycles. The predicted octanol–water partition coefficient (Wildman–Crippen LogP) is 2.72. The van der Waals surface area contributed by atoms with Crippen molar-refractivity contribution < 1.29 is 28.5 Å². The Morgan fingerprint density at radius 3 is 2.30 bits per heavy atom. The zero-order chi connectivity index (χ0) is 21.0. The van der Waals surface area contributed by atoms with Gasteiger partial charge in [-0.25, -0.2) is 0 Å². The van der Waals surface area contributed by atoms with Crippen LogP contribution in [-0.4, -0.2) is 52.5 Å². The number of carbonyl (C=O) groups is 1. The molecule has 0 bridgehead atoms. The van der Waals surface area contributed by atoms with Crippen LogP contribution in [0.25, 0.3) is 0 Å². The van der Waals surface area contributed by atoms with E-state index in [-0.39, 0.29) is 18.6 Å². The lowest BCUT2D eigenvalue weighted by molar-refractivity contribution is -0.124. The maximum absolute atomic E-state index is 13.1. The Balaban J connectivity index is 1.74. The molecule has 0 aromatic heterocycles. The maximum Gasteiger partial charge on any atom is 0.252 e. The number of amides is 1. The number of fused-ring (bicyclic) bond motifs is 2. The molecule has 1 unspecified atom stereocenters. The number of likely N-dealkylation sites (N-methyl/N-ethyl adjacent to an activating group) is 1. The van der Waals surface area contributed by atoms with E-state index in [1.54, 1.807) is 33.3 Å². The first kappa shape index (κ1) is 18.5. The van der Waals surface area contributed by atoms with E-state index in [0.29, 0.717) is 40.9 Å². The molecule has 0 radical (unpaired) electrons. The van der Waals surface area contributed by atoms with Gasteiger partial charge in [0.05, 0.1) is 33.4 Å². The molecule has 1 N–H and O–H groups in total. The van der Waals surface area contributed by atoms with Crippen LogP contribution in [-0.2, 0) is 4.79 Å². The van der Waals surface area contributed by atoms with Gasteiger partial charge < -0.3 is 33.9 Å². The highest BCUT2D eigenvalue weighted by Gasteiger charge is 2.41. The molecular weight excluding hydrogens is 388 g/mol. The first-order valence-corrected chi connectivity index (χ1v) is 9.54. The number of benzene rings is 2. The number of ether oxygens (including phenoxy) is 5. The Morgan fingerprint density at radius 1 is 1.00 bits per heavy atom. The summed E-state index contributed by atoms with van der Waals surface area (Å²) in [4.78, 5) is 14.8. The van der Waals surface area contributed by atoms with E-state index in [9.17, 15) is 4.79 Å². The van der Waals surface area contributed by atoms with Crippen LogP contribution >= 0.6 is 0 Å². The summed E-state index contributed by atoms with van der Waals surface area (Å²) in [6, 6.07) is 7.65. The first-order chi connectivity index (χ1) is 14.5. The Morgan fingerprint density at radius 2 is 1.67 bits per heavy atom. The Labute approximate surface area is 173 Å². The zero-order valence-electron chi connectivity index (χ0n) is 17.2. The molecule has 8 heteroatoms. The molecule has 2 aromatic rings. The summed E-state index contributed by atoms with van der Waals surface area (Å²) in [6.07, 6.45) is 0. The van der Waals surface area contributed by atoms with Gasteiger partial charge in [0, 0.05) is 30.4 Å². The van der Waals surface area contributed by atoms with E-state index in [4.69, 9.17) is 23.7 Å². The lowest BCUT2D eigenvalue weighted by Crippen LogP contribution is -2.24. The molecule has 0 aliphatic carbocycles. The van der Waals surface area contributed by atoms with Crippen LogP contribution in [0.15, 0.2) is 35.5 Å².